The van der Waals surface area contributed by atoms with Gasteiger partial charge in [0, 0.05) is 13.1 Å². The van der Waals surface area contributed by atoms with Gasteiger partial charge in [0.2, 0.25) is 0 Å². The summed E-state index contributed by atoms with van der Waals surface area (Å²) in [5.41, 5.74) is 0.531. The number of benzene rings is 1. The van der Waals surface area contributed by atoms with Crippen molar-refractivity contribution in [3.8, 4) is 0 Å². The van der Waals surface area contributed by atoms with Crippen LogP contribution in [0.2, 0.25) is 0 Å². The maximum Gasteiger partial charge on any atom is 0.330 e. The van der Waals surface area contributed by atoms with Gasteiger partial charge in [-0.05, 0) is 17.9 Å². The van der Waals surface area contributed by atoms with Crippen LogP contribution in [0, 0.1) is 5.92 Å². The highest BCUT2D eigenvalue weighted by atomic mass is 16.4. The maximum atomic E-state index is 12.2. The van der Waals surface area contributed by atoms with E-state index in [0.717, 1.165) is 0 Å². The van der Waals surface area contributed by atoms with Gasteiger partial charge in [-0.15, -0.1) is 0 Å². The Kier molecular flexibility index (Phi) is 4.80. The van der Waals surface area contributed by atoms with E-state index in [2.05, 4.69) is 5.32 Å². The summed E-state index contributed by atoms with van der Waals surface area (Å²) in [5.74, 6) is -1.11. The van der Waals surface area contributed by atoms with Gasteiger partial charge in [-0.3, -0.25) is 0 Å². The molecule has 3 N–H and O–H groups in total. The lowest BCUT2D eigenvalue weighted by molar-refractivity contribution is -0.139. The SMILES string of the molecule is CC1CN(C(=O)N[C@@H](C(=O)O)c2ccccc2)CCC1O. The standard InChI is InChI=1S/C15H20N2O4/c1-10-9-17(8-7-12(10)18)15(21)16-13(14(19)20)11-5-3-2-4-6-11/h2-6,10,12-13,18H,7-9H2,1H3,(H,16,21)(H,19,20)/t10?,12?,13-/m1/s1. The number of carboxylic acid groups (broad SMARTS) is 1. The van der Waals surface area contributed by atoms with E-state index >= 15 is 0 Å². The van der Waals surface area contributed by atoms with Gasteiger partial charge >= 0.3 is 12.0 Å². The molecule has 1 aliphatic rings. The number of carbonyl (C=O) groups is 2. The van der Waals surface area contributed by atoms with E-state index in [0.29, 0.717) is 25.1 Å². The van der Waals surface area contributed by atoms with Crippen molar-refractivity contribution in [2.45, 2.75) is 25.5 Å². The number of aliphatic hydroxyl groups excluding tert-OH is 1. The molecule has 0 radical (unpaired) electrons. The molecule has 0 spiro atoms. The first-order valence-electron chi connectivity index (χ1n) is 7.00. The molecule has 0 bridgehead atoms. The van der Waals surface area contributed by atoms with E-state index in [-0.39, 0.29) is 5.92 Å². The first-order chi connectivity index (χ1) is 9.99. The van der Waals surface area contributed by atoms with Gasteiger partial charge in [0.15, 0.2) is 6.04 Å². The number of aliphatic carboxylic acids is 1. The molecule has 1 aliphatic heterocycles. The molecule has 2 amide bonds. The highest BCUT2D eigenvalue weighted by Gasteiger charge is 2.30. The molecule has 6 heteroatoms. The van der Waals surface area contributed by atoms with Gasteiger partial charge in [0.25, 0.3) is 0 Å². The molecule has 6 nitrogen and oxygen atoms in total. The zero-order valence-electron chi connectivity index (χ0n) is 11.9. The van der Waals surface area contributed by atoms with E-state index in [1.54, 1.807) is 35.2 Å². The molecular weight excluding hydrogens is 272 g/mol. The molecule has 2 unspecified atom stereocenters. The van der Waals surface area contributed by atoms with Crippen LogP contribution in [0.4, 0.5) is 4.79 Å². The number of hydrogen-bond acceptors (Lipinski definition) is 3. The number of likely N-dealkylation sites (tertiary alicyclic amines) is 1. The van der Waals surface area contributed by atoms with E-state index in [9.17, 15) is 19.8 Å². The summed E-state index contributed by atoms with van der Waals surface area (Å²) in [5, 5.41) is 21.5. The summed E-state index contributed by atoms with van der Waals surface area (Å²) in [7, 11) is 0. The van der Waals surface area contributed by atoms with E-state index in [4.69, 9.17) is 0 Å². The number of aliphatic hydroxyl groups is 1. The van der Waals surface area contributed by atoms with Crippen LogP contribution in [0.1, 0.15) is 24.9 Å². The highest BCUT2D eigenvalue weighted by Crippen LogP contribution is 2.18. The lowest BCUT2D eigenvalue weighted by Gasteiger charge is -2.35. The molecule has 1 aromatic carbocycles. The molecular formula is C15H20N2O4. The Bertz CT molecular complexity index is 506. The van der Waals surface area contributed by atoms with Crippen molar-refractivity contribution in [1.29, 1.82) is 0 Å². The fourth-order valence-corrected chi connectivity index (χ4v) is 2.47. The number of piperidine rings is 1. The number of nitrogens with one attached hydrogen (secondary N) is 1. The van der Waals surface area contributed by atoms with E-state index in [1.165, 1.54) is 0 Å². The highest BCUT2D eigenvalue weighted by molar-refractivity contribution is 5.83. The predicted octanol–water partition coefficient (Wildman–Crippen LogP) is 1.22. The number of amides is 2. The van der Waals surface area contributed by atoms with Gasteiger partial charge in [0.1, 0.15) is 0 Å². The number of carbonyl (C=O) groups excluding carboxylic acids is 1. The van der Waals surface area contributed by atoms with Gasteiger partial charge in [-0.25, -0.2) is 9.59 Å². The van der Waals surface area contributed by atoms with Crippen LogP contribution in [0.15, 0.2) is 30.3 Å². The van der Waals surface area contributed by atoms with Crippen LogP contribution in [-0.4, -0.2) is 46.3 Å². The molecule has 114 valence electrons. The second kappa shape index (κ2) is 6.58. The van der Waals surface area contributed by atoms with Crippen molar-refractivity contribution in [2.75, 3.05) is 13.1 Å². The molecule has 1 heterocycles. The molecule has 21 heavy (non-hydrogen) atoms. The number of rotatable bonds is 3. The van der Waals surface area contributed by atoms with Crippen molar-refractivity contribution >= 4 is 12.0 Å². The smallest absolute Gasteiger partial charge is 0.330 e. The predicted molar refractivity (Wildman–Crippen MR) is 76.7 cm³/mol. The monoisotopic (exact) mass is 292 g/mol. The quantitative estimate of drug-likeness (QED) is 0.781. The third-order valence-corrected chi connectivity index (χ3v) is 3.79. The summed E-state index contributed by atoms with van der Waals surface area (Å²) in [6.45, 7) is 2.72. The Labute approximate surface area is 123 Å². The molecule has 3 atom stereocenters. The number of urea groups is 1. The molecule has 1 saturated heterocycles. The number of hydrogen-bond donors (Lipinski definition) is 3. The van der Waals surface area contributed by atoms with E-state index < -0.39 is 24.1 Å². The van der Waals surface area contributed by atoms with Crippen LogP contribution >= 0.6 is 0 Å². The summed E-state index contributed by atoms with van der Waals surface area (Å²) in [6, 6.07) is 7.11. The molecule has 0 saturated carbocycles. The van der Waals surface area contributed by atoms with Crippen LogP contribution in [0.25, 0.3) is 0 Å². The van der Waals surface area contributed by atoms with Crippen LogP contribution in [0.3, 0.4) is 0 Å². The second-order valence-corrected chi connectivity index (χ2v) is 5.41. The van der Waals surface area contributed by atoms with E-state index in [1.807, 2.05) is 6.92 Å². The van der Waals surface area contributed by atoms with Gasteiger partial charge in [-0.2, -0.15) is 0 Å². The zero-order valence-corrected chi connectivity index (χ0v) is 11.9. The lowest BCUT2D eigenvalue weighted by Crippen LogP contribution is -2.50. The summed E-state index contributed by atoms with van der Waals surface area (Å²) in [4.78, 5) is 25.1. The Morgan fingerprint density at radius 2 is 2.00 bits per heavy atom. The third kappa shape index (κ3) is 3.72. The zero-order chi connectivity index (χ0) is 15.4. The largest absolute Gasteiger partial charge is 0.479 e. The normalized spacial score (nSPS) is 23.4. The molecule has 0 aromatic heterocycles. The Morgan fingerprint density at radius 3 is 2.57 bits per heavy atom. The van der Waals surface area contributed by atoms with Crippen molar-refractivity contribution in [3.63, 3.8) is 0 Å². The fraction of sp³-hybridized carbons (Fsp3) is 0.467. The average molecular weight is 292 g/mol. The average Bonchev–Trinajstić information content (AvgIpc) is 2.48. The minimum absolute atomic E-state index is 0.00972. The fourth-order valence-electron chi connectivity index (χ4n) is 2.47. The van der Waals surface area contributed by atoms with Crippen LogP contribution in [0.5, 0.6) is 0 Å². The van der Waals surface area contributed by atoms with Crippen LogP contribution < -0.4 is 5.32 Å². The first kappa shape index (κ1) is 15.3. The Balaban J connectivity index is 2.04. The van der Waals surface area contributed by atoms with Crippen molar-refractivity contribution in [3.05, 3.63) is 35.9 Å². The summed E-state index contributed by atoms with van der Waals surface area (Å²) >= 11 is 0. The minimum Gasteiger partial charge on any atom is -0.479 e. The Morgan fingerprint density at radius 1 is 1.33 bits per heavy atom. The number of nitrogens with zero attached hydrogens (tertiary/aromatic N) is 1. The minimum atomic E-state index is -1.10. The second-order valence-electron chi connectivity index (χ2n) is 5.41. The van der Waals surface area contributed by atoms with Crippen molar-refractivity contribution < 1.29 is 19.8 Å². The molecule has 1 fully saturated rings. The lowest BCUT2D eigenvalue weighted by atomic mass is 9.97. The topological polar surface area (TPSA) is 89.9 Å². The number of carboxylic acids is 1. The van der Waals surface area contributed by atoms with Crippen LogP contribution in [-0.2, 0) is 4.79 Å². The first-order valence-corrected chi connectivity index (χ1v) is 7.00. The molecule has 2 rings (SSSR count). The van der Waals surface area contributed by atoms with Gasteiger partial charge in [-0.1, -0.05) is 37.3 Å². The van der Waals surface area contributed by atoms with Crippen molar-refractivity contribution in [2.24, 2.45) is 5.92 Å². The molecule has 0 aliphatic carbocycles. The summed E-state index contributed by atoms with van der Waals surface area (Å²) in [6.07, 6.45) is 0.107. The Hall–Kier alpha value is -2.08. The van der Waals surface area contributed by atoms with Gasteiger partial charge < -0.3 is 20.4 Å². The maximum absolute atomic E-state index is 12.2. The summed E-state index contributed by atoms with van der Waals surface area (Å²) < 4.78 is 0. The van der Waals surface area contributed by atoms with Crippen molar-refractivity contribution in [1.82, 2.24) is 10.2 Å². The third-order valence-electron chi connectivity index (χ3n) is 3.79. The van der Waals surface area contributed by atoms with Gasteiger partial charge in [0.05, 0.1) is 6.10 Å². The molecule has 1 aromatic rings.